The molecule has 2 N–H and O–H groups in total. The van der Waals surface area contributed by atoms with E-state index in [1.165, 1.54) is 17.8 Å². The average molecular weight is 324 g/mol. The van der Waals surface area contributed by atoms with Gasteiger partial charge in [-0.15, -0.1) is 11.3 Å². The van der Waals surface area contributed by atoms with Gasteiger partial charge in [0.1, 0.15) is 4.88 Å². The smallest absolute Gasteiger partial charge is 0.348 e. The van der Waals surface area contributed by atoms with Crippen LogP contribution in [-0.2, 0) is 9.53 Å². The van der Waals surface area contributed by atoms with E-state index in [9.17, 15) is 14.4 Å². The summed E-state index contributed by atoms with van der Waals surface area (Å²) in [5.74, 6) is -1.18. The number of ether oxygens (including phenoxy) is 1. The fourth-order valence-electron chi connectivity index (χ4n) is 2.38. The van der Waals surface area contributed by atoms with Crippen LogP contribution in [0.4, 0.5) is 4.79 Å². The number of aryl methyl sites for hydroxylation is 1. The monoisotopic (exact) mass is 324 g/mol. The van der Waals surface area contributed by atoms with Gasteiger partial charge in [-0.2, -0.15) is 0 Å². The third-order valence-electron chi connectivity index (χ3n) is 3.47. The van der Waals surface area contributed by atoms with E-state index in [0.29, 0.717) is 4.88 Å². The van der Waals surface area contributed by atoms with Crippen molar-refractivity contribution in [1.82, 2.24) is 10.6 Å². The van der Waals surface area contributed by atoms with Crippen molar-refractivity contribution in [2.24, 2.45) is 0 Å². The lowest BCUT2D eigenvalue weighted by Crippen LogP contribution is -2.46. The maximum Gasteiger partial charge on any atom is 0.348 e. The zero-order valence-corrected chi connectivity index (χ0v) is 13.3. The molecule has 7 heteroatoms. The van der Waals surface area contributed by atoms with Crippen molar-refractivity contribution in [3.8, 4) is 0 Å². The second-order valence-corrected chi connectivity index (χ2v) is 6.63. The highest BCUT2D eigenvalue weighted by Crippen LogP contribution is 2.17. The Morgan fingerprint density at radius 2 is 1.95 bits per heavy atom. The lowest BCUT2D eigenvalue weighted by Gasteiger charge is -2.22. The Bertz CT molecular complexity index is 549. The number of amides is 3. The van der Waals surface area contributed by atoms with E-state index < -0.39 is 24.5 Å². The summed E-state index contributed by atoms with van der Waals surface area (Å²) in [4.78, 5) is 36.4. The summed E-state index contributed by atoms with van der Waals surface area (Å²) in [6, 6.07) is 3.05. The zero-order valence-electron chi connectivity index (χ0n) is 12.5. The van der Waals surface area contributed by atoms with E-state index in [0.717, 1.165) is 30.6 Å². The van der Waals surface area contributed by atoms with Gasteiger partial charge in [-0.25, -0.2) is 9.59 Å². The van der Waals surface area contributed by atoms with Gasteiger partial charge in [0.05, 0.1) is 0 Å². The van der Waals surface area contributed by atoms with E-state index in [-0.39, 0.29) is 6.04 Å². The average Bonchev–Trinajstić information content (AvgIpc) is 2.92. The molecule has 3 amide bonds. The Labute approximate surface area is 133 Å². The number of esters is 1. The van der Waals surface area contributed by atoms with Crippen molar-refractivity contribution in [2.45, 2.75) is 45.1 Å². The first-order valence-corrected chi connectivity index (χ1v) is 8.20. The van der Waals surface area contributed by atoms with E-state index in [1.807, 2.05) is 6.92 Å². The van der Waals surface area contributed by atoms with E-state index in [2.05, 4.69) is 10.6 Å². The van der Waals surface area contributed by atoms with Crippen molar-refractivity contribution in [3.63, 3.8) is 0 Å². The van der Waals surface area contributed by atoms with Crippen LogP contribution in [0.25, 0.3) is 0 Å². The fraction of sp³-hybridized carbons (Fsp3) is 0.533. The molecule has 6 nitrogen and oxygen atoms in total. The number of hydrogen-bond donors (Lipinski definition) is 2. The maximum atomic E-state index is 11.7. The normalized spacial score (nSPS) is 15.1. The van der Waals surface area contributed by atoms with E-state index in [1.54, 1.807) is 12.1 Å². The summed E-state index contributed by atoms with van der Waals surface area (Å²) >= 11 is 1.30. The topological polar surface area (TPSA) is 84.5 Å². The van der Waals surface area contributed by atoms with Crippen molar-refractivity contribution in [1.29, 1.82) is 0 Å². The van der Waals surface area contributed by atoms with Gasteiger partial charge in [0, 0.05) is 10.9 Å². The summed E-state index contributed by atoms with van der Waals surface area (Å²) in [7, 11) is 0. The number of carbonyl (C=O) groups is 3. The highest BCUT2D eigenvalue weighted by Gasteiger charge is 2.18. The molecule has 1 heterocycles. The second kappa shape index (κ2) is 7.93. The number of rotatable bonds is 4. The summed E-state index contributed by atoms with van der Waals surface area (Å²) < 4.78 is 4.87. The minimum Gasteiger partial charge on any atom is -0.451 e. The standard InChI is InChI=1S/C15H20N2O4S/c1-10-7-8-12(22-10)14(19)21-9-13(18)17-15(20)16-11-5-3-2-4-6-11/h7-8,11H,2-6,9H2,1H3,(H2,16,17,18,20). The molecule has 1 fully saturated rings. The first-order chi connectivity index (χ1) is 10.5. The third-order valence-corrected chi connectivity index (χ3v) is 4.45. The van der Waals surface area contributed by atoms with Crippen LogP contribution >= 0.6 is 11.3 Å². The van der Waals surface area contributed by atoms with Gasteiger partial charge < -0.3 is 10.1 Å². The highest BCUT2D eigenvalue weighted by atomic mass is 32.1. The molecule has 1 aromatic heterocycles. The highest BCUT2D eigenvalue weighted by molar-refractivity contribution is 7.13. The maximum absolute atomic E-state index is 11.7. The molecular formula is C15H20N2O4S. The van der Waals surface area contributed by atoms with Crippen LogP contribution in [0.2, 0.25) is 0 Å². The summed E-state index contributed by atoms with van der Waals surface area (Å²) in [5, 5.41) is 4.94. The zero-order chi connectivity index (χ0) is 15.9. The predicted molar refractivity (Wildman–Crippen MR) is 82.9 cm³/mol. The molecule has 0 atom stereocenters. The third kappa shape index (κ3) is 5.14. The van der Waals surface area contributed by atoms with Crippen LogP contribution < -0.4 is 10.6 Å². The molecule has 0 saturated heterocycles. The number of thiophene rings is 1. The van der Waals surface area contributed by atoms with Gasteiger partial charge in [-0.1, -0.05) is 19.3 Å². The molecule has 1 saturated carbocycles. The molecule has 0 unspecified atom stereocenters. The van der Waals surface area contributed by atoms with Gasteiger partial charge >= 0.3 is 12.0 Å². The first-order valence-electron chi connectivity index (χ1n) is 7.38. The molecule has 1 aliphatic carbocycles. The number of hydrogen-bond acceptors (Lipinski definition) is 5. The van der Waals surface area contributed by atoms with Gasteiger partial charge in [-0.3, -0.25) is 10.1 Å². The SMILES string of the molecule is Cc1ccc(C(=O)OCC(=O)NC(=O)NC2CCCCC2)s1. The van der Waals surface area contributed by atoms with Gasteiger partial charge in [0.25, 0.3) is 5.91 Å². The Morgan fingerprint density at radius 1 is 1.23 bits per heavy atom. The lowest BCUT2D eigenvalue weighted by atomic mass is 9.96. The van der Waals surface area contributed by atoms with Crippen LogP contribution in [0.3, 0.4) is 0 Å². The Kier molecular flexibility index (Phi) is 5.94. The number of carbonyl (C=O) groups excluding carboxylic acids is 3. The molecule has 1 aromatic rings. The minimum atomic E-state index is -0.630. The Balaban J connectivity index is 1.68. The molecule has 0 aliphatic heterocycles. The first kappa shape index (κ1) is 16.5. The van der Waals surface area contributed by atoms with Crippen molar-refractivity contribution < 1.29 is 19.1 Å². The molecular weight excluding hydrogens is 304 g/mol. The summed E-state index contributed by atoms with van der Waals surface area (Å²) in [5.41, 5.74) is 0. The van der Waals surface area contributed by atoms with E-state index >= 15 is 0 Å². The van der Waals surface area contributed by atoms with Gasteiger partial charge in [0.15, 0.2) is 6.61 Å². The number of nitrogens with one attached hydrogen (secondary N) is 2. The Hall–Kier alpha value is -1.89. The molecule has 22 heavy (non-hydrogen) atoms. The lowest BCUT2D eigenvalue weighted by molar-refractivity contribution is -0.123. The van der Waals surface area contributed by atoms with Crippen LogP contribution in [0.5, 0.6) is 0 Å². The molecule has 120 valence electrons. The van der Waals surface area contributed by atoms with Crippen LogP contribution in [0.1, 0.15) is 46.7 Å². The van der Waals surface area contributed by atoms with Crippen molar-refractivity contribution >= 4 is 29.2 Å². The van der Waals surface area contributed by atoms with E-state index in [4.69, 9.17) is 4.74 Å². The summed E-state index contributed by atoms with van der Waals surface area (Å²) in [6.07, 6.45) is 5.26. The molecule has 0 spiro atoms. The number of urea groups is 1. The molecule has 0 aromatic carbocycles. The molecule has 0 radical (unpaired) electrons. The summed E-state index contributed by atoms with van der Waals surface area (Å²) in [6.45, 7) is 1.41. The predicted octanol–water partition coefficient (Wildman–Crippen LogP) is 2.37. The van der Waals surface area contributed by atoms with Crippen molar-refractivity contribution in [3.05, 3.63) is 21.9 Å². The molecule has 0 bridgehead atoms. The quantitative estimate of drug-likeness (QED) is 0.833. The van der Waals surface area contributed by atoms with Gasteiger partial charge in [-0.05, 0) is 31.9 Å². The Morgan fingerprint density at radius 3 is 2.59 bits per heavy atom. The van der Waals surface area contributed by atoms with Crippen molar-refractivity contribution in [2.75, 3.05) is 6.61 Å². The molecule has 1 aliphatic rings. The second-order valence-electron chi connectivity index (χ2n) is 5.34. The van der Waals surface area contributed by atoms with Crippen LogP contribution in [-0.4, -0.2) is 30.6 Å². The van der Waals surface area contributed by atoms with Gasteiger partial charge in [0.2, 0.25) is 0 Å². The number of imide groups is 1. The van der Waals surface area contributed by atoms with Crippen LogP contribution in [0.15, 0.2) is 12.1 Å². The largest absolute Gasteiger partial charge is 0.451 e. The van der Waals surface area contributed by atoms with Crippen LogP contribution in [0, 0.1) is 6.92 Å². The molecule has 2 rings (SSSR count). The fourth-order valence-corrected chi connectivity index (χ4v) is 3.14. The minimum absolute atomic E-state index is 0.123.